The molecule has 5 nitrogen and oxygen atoms in total. The van der Waals surface area contributed by atoms with Gasteiger partial charge >= 0.3 is 5.97 Å². The van der Waals surface area contributed by atoms with E-state index < -0.39 is 5.97 Å². The monoisotopic (exact) mass is 230 g/mol. The molecule has 0 aliphatic carbocycles. The van der Waals surface area contributed by atoms with Gasteiger partial charge in [0.05, 0.1) is 12.4 Å². The maximum atomic E-state index is 10.7. The lowest BCUT2D eigenvalue weighted by molar-refractivity contribution is -0.131. The van der Waals surface area contributed by atoms with Gasteiger partial charge in [0.25, 0.3) is 0 Å². The number of hydrogen-bond acceptors (Lipinski definition) is 5. The summed E-state index contributed by atoms with van der Waals surface area (Å²) in [6.45, 7) is 1.31. The molecular formula is C12H10N2O3. The molecule has 0 saturated carbocycles. The summed E-state index contributed by atoms with van der Waals surface area (Å²) >= 11 is 0. The highest BCUT2D eigenvalue weighted by atomic mass is 16.5. The maximum Gasteiger partial charge on any atom is 0.308 e. The van der Waals surface area contributed by atoms with Gasteiger partial charge in [-0.2, -0.15) is 0 Å². The highest BCUT2D eigenvalue weighted by molar-refractivity contribution is 5.69. The van der Waals surface area contributed by atoms with Gasteiger partial charge in [0.2, 0.25) is 0 Å². The summed E-state index contributed by atoms with van der Waals surface area (Å²) in [5, 5.41) is 9.32. The van der Waals surface area contributed by atoms with Crippen LogP contribution in [-0.2, 0) is 4.79 Å². The third kappa shape index (κ3) is 2.78. The van der Waals surface area contributed by atoms with E-state index in [-0.39, 0.29) is 5.75 Å². The molecule has 1 aromatic heterocycles. The quantitative estimate of drug-likeness (QED) is 0.796. The maximum absolute atomic E-state index is 10.7. The Morgan fingerprint density at radius 2 is 2.00 bits per heavy atom. The number of aromatic hydroxyl groups is 1. The number of carbonyl (C=O) groups is 1. The molecule has 0 bridgehead atoms. The van der Waals surface area contributed by atoms with Gasteiger partial charge in [-0.25, -0.2) is 9.97 Å². The van der Waals surface area contributed by atoms with Crippen LogP contribution in [0.15, 0.2) is 36.7 Å². The van der Waals surface area contributed by atoms with Crippen molar-refractivity contribution in [2.45, 2.75) is 6.92 Å². The van der Waals surface area contributed by atoms with Crippen LogP contribution in [0.2, 0.25) is 0 Å². The molecule has 0 spiro atoms. The van der Waals surface area contributed by atoms with Gasteiger partial charge in [0.1, 0.15) is 5.75 Å². The van der Waals surface area contributed by atoms with Crippen LogP contribution in [0.3, 0.4) is 0 Å². The average molecular weight is 230 g/mol. The molecule has 17 heavy (non-hydrogen) atoms. The van der Waals surface area contributed by atoms with Gasteiger partial charge in [-0.3, -0.25) is 4.79 Å². The topological polar surface area (TPSA) is 72.3 Å². The summed E-state index contributed by atoms with van der Waals surface area (Å²) in [6.07, 6.45) is 2.82. The molecule has 1 N–H and O–H groups in total. The van der Waals surface area contributed by atoms with Gasteiger partial charge in [-0.05, 0) is 12.1 Å². The van der Waals surface area contributed by atoms with Crippen molar-refractivity contribution >= 4 is 5.97 Å². The molecule has 5 heteroatoms. The van der Waals surface area contributed by atoms with Crippen LogP contribution in [0, 0.1) is 0 Å². The van der Waals surface area contributed by atoms with E-state index in [4.69, 9.17) is 4.74 Å². The first kappa shape index (κ1) is 11.1. The molecule has 1 aromatic carbocycles. The lowest BCUT2D eigenvalue weighted by Crippen LogP contribution is -2.02. The second kappa shape index (κ2) is 4.61. The lowest BCUT2D eigenvalue weighted by atomic mass is 10.2. The Bertz CT molecular complexity index is 538. The standard InChI is InChI=1S/C12H10N2O3/c1-8(15)17-11-6-13-12(14-7-11)9-3-2-4-10(16)5-9/h2-7,16H,1H3. The Balaban J connectivity index is 2.26. The second-order valence-corrected chi connectivity index (χ2v) is 3.39. The van der Waals surface area contributed by atoms with E-state index in [2.05, 4.69) is 9.97 Å². The minimum Gasteiger partial charge on any atom is -0.508 e. The van der Waals surface area contributed by atoms with Crippen LogP contribution in [0.4, 0.5) is 0 Å². The molecule has 0 radical (unpaired) electrons. The number of rotatable bonds is 2. The van der Waals surface area contributed by atoms with Crippen molar-refractivity contribution in [2.75, 3.05) is 0 Å². The SMILES string of the molecule is CC(=O)Oc1cnc(-c2cccc(O)c2)nc1. The highest BCUT2D eigenvalue weighted by Gasteiger charge is 2.03. The molecule has 0 unspecified atom stereocenters. The number of hydrogen-bond donors (Lipinski definition) is 1. The summed E-state index contributed by atoms with van der Waals surface area (Å²) in [6, 6.07) is 6.60. The van der Waals surface area contributed by atoms with Gasteiger partial charge in [0, 0.05) is 12.5 Å². The molecule has 0 aliphatic heterocycles. The predicted molar refractivity (Wildman–Crippen MR) is 60.4 cm³/mol. The van der Waals surface area contributed by atoms with Crippen LogP contribution in [0.25, 0.3) is 11.4 Å². The Kier molecular flexibility index (Phi) is 3.00. The van der Waals surface area contributed by atoms with Crippen LogP contribution in [0.1, 0.15) is 6.92 Å². The van der Waals surface area contributed by atoms with Crippen LogP contribution in [-0.4, -0.2) is 21.0 Å². The number of esters is 1. The van der Waals surface area contributed by atoms with Crippen molar-refractivity contribution in [3.8, 4) is 22.9 Å². The smallest absolute Gasteiger partial charge is 0.308 e. The zero-order valence-electron chi connectivity index (χ0n) is 9.12. The summed E-state index contributed by atoms with van der Waals surface area (Å²) in [5.41, 5.74) is 0.694. The lowest BCUT2D eigenvalue weighted by Gasteiger charge is -2.02. The van der Waals surface area contributed by atoms with Crippen molar-refractivity contribution in [3.63, 3.8) is 0 Å². The number of benzene rings is 1. The van der Waals surface area contributed by atoms with E-state index in [0.29, 0.717) is 17.1 Å². The van der Waals surface area contributed by atoms with E-state index in [0.717, 1.165) is 0 Å². The van der Waals surface area contributed by atoms with Crippen molar-refractivity contribution in [1.82, 2.24) is 9.97 Å². The van der Waals surface area contributed by atoms with Crippen molar-refractivity contribution in [1.29, 1.82) is 0 Å². The molecule has 2 aromatic rings. The first-order valence-electron chi connectivity index (χ1n) is 4.95. The fourth-order valence-corrected chi connectivity index (χ4v) is 1.33. The fraction of sp³-hybridized carbons (Fsp3) is 0.0833. The molecular weight excluding hydrogens is 220 g/mol. The minimum atomic E-state index is -0.418. The van der Waals surface area contributed by atoms with Gasteiger partial charge in [-0.1, -0.05) is 12.1 Å². The number of phenols is 1. The van der Waals surface area contributed by atoms with Gasteiger partial charge < -0.3 is 9.84 Å². The summed E-state index contributed by atoms with van der Waals surface area (Å²) < 4.78 is 4.82. The molecule has 1 heterocycles. The second-order valence-electron chi connectivity index (χ2n) is 3.39. The molecule has 0 atom stereocenters. The Labute approximate surface area is 97.7 Å². The third-order valence-corrected chi connectivity index (χ3v) is 1.99. The first-order valence-corrected chi connectivity index (χ1v) is 4.95. The Morgan fingerprint density at radius 3 is 2.59 bits per heavy atom. The summed E-state index contributed by atoms with van der Waals surface area (Å²) in [4.78, 5) is 18.8. The Morgan fingerprint density at radius 1 is 1.29 bits per heavy atom. The molecule has 0 aliphatic rings. The van der Waals surface area contributed by atoms with Crippen molar-refractivity contribution in [3.05, 3.63) is 36.7 Å². The highest BCUT2D eigenvalue weighted by Crippen LogP contribution is 2.20. The largest absolute Gasteiger partial charge is 0.508 e. The normalized spacial score (nSPS) is 9.94. The molecule has 0 fully saturated rings. The van der Waals surface area contributed by atoms with Crippen LogP contribution < -0.4 is 4.74 Å². The molecule has 86 valence electrons. The Hall–Kier alpha value is -2.43. The zero-order chi connectivity index (χ0) is 12.3. The summed E-state index contributed by atoms with van der Waals surface area (Å²) in [7, 11) is 0. The van der Waals surface area contributed by atoms with E-state index in [9.17, 15) is 9.90 Å². The van der Waals surface area contributed by atoms with Crippen LogP contribution in [0.5, 0.6) is 11.5 Å². The minimum absolute atomic E-state index is 0.148. The van der Waals surface area contributed by atoms with Gasteiger partial charge in [-0.15, -0.1) is 0 Å². The van der Waals surface area contributed by atoms with Crippen LogP contribution >= 0.6 is 0 Å². The number of ether oxygens (including phenoxy) is 1. The third-order valence-electron chi connectivity index (χ3n) is 1.99. The van der Waals surface area contributed by atoms with Crippen molar-refractivity contribution < 1.29 is 14.6 Å². The summed E-state index contributed by atoms with van der Waals surface area (Å²) in [5.74, 6) is 0.479. The predicted octanol–water partition coefficient (Wildman–Crippen LogP) is 1.77. The molecule has 0 saturated heterocycles. The molecule has 2 rings (SSSR count). The zero-order valence-corrected chi connectivity index (χ0v) is 9.12. The van der Waals surface area contributed by atoms with E-state index in [1.807, 2.05) is 0 Å². The first-order chi connectivity index (χ1) is 8.15. The number of aromatic nitrogens is 2. The number of nitrogens with zero attached hydrogens (tertiary/aromatic N) is 2. The molecule has 0 amide bonds. The number of carbonyl (C=O) groups excluding carboxylic acids is 1. The van der Waals surface area contributed by atoms with Crippen molar-refractivity contribution in [2.24, 2.45) is 0 Å². The van der Waals surface area contributed by atoms with E-state index in [1.165, 1.54) is 19.3 Å². The average Bonchev–Trinajstić information content (AvgIpc) is 2.29. The fourth-order valence-electron chi connectivity index (χ4n) is 1.33. The number of phenolic OH excluding ortho intramolecular Hbond substituents is 1. The van der Waals surface area contributed by atoms with Gasteiger partial charge in [0.15, 0.2) is 11.6 Å². The van der Waals surface area contributed by atoms with E-state index >= 15 is 0 Å². The van der Waals surface area contributed by atoms with E-state index in [1.54, 1.807) is 24.3 Å².